The third kappa shape index (κ3) is 5.28. The number of carbonyl (C=O) groups excluding carboxylic acids is 2. The highest BCUT2D eigenvalue weighted by Crippen LogP contribution is 2.35. The summed E-state index contributed by atoms with van der Waals surface area (Å²) in [4.78, 5) is 27.6. The zero-order valence-corrected chi connectivity index (χ0v) is 20.8. The van der Waals surface area contributed by atoms with Crippen LogP contribution in [0.15, 0.2) is 47.4 Å². The van der Waals surface area contributed by atoms with Gasteiger partial charge in [-0.2, -0.15) is 4.31 Å². The lowest BCUT2D eigenvalue weighted by molar-refractivity contribution is -0.122. The molecule has 1 N–H and O–H groups in total. The number of hydrogen-bond acceptors (Lipinski definition) is 6. The molecule has 1 atom stereocenters. The van der Waals surface area contributed by atoms with Crippen molar-refractivity contribution in [2.24, 2.45) is 5.92 Å². The fraction of sp³-hybridized carbons (Fsp3) is 0.440. The molecule has 10 heteroatoms. The van der Waals surface area contributed by atoms with Crippen LogP contribution >= 0.6 is 0 Å². The van der Waals surface area contributed by atoms with Gasteiger partial charge in [0, 0.05) is 26.1 Å². The number of carbonyl (C=O) groups is 2. The van der Waals surface area contributed by atoms with Gasteiger partial charge >= 0.3 is 0 Å². The quantitative estimate of drug-likeness (QED) is 0.595. The van der Waals surface area contributed by atoms with Crippen LogP contribution in [0.2, 0.25) is 0 Å². The highest BCUT2D eigenvalue weighted by molar-refractivity contribution is 7.89. The van der Waals surface area contributed by atoms with Crippen molar-refractivity contribution in [3.05, 3.63) is 42.5 Å². The van der Waals surface area contributed by atoms with Gasteiger partial charge in [-0.05, 0) is 50.1 Å². The monoisotopic (exact) mass is 501 g/mol. The first kappa shape index (κ1) is 25.0. The summed E-state index contributed by atoms with van der Waals surface area (Å²) in [5, 5.41) is 2.79. The van der Waals surface area contributed by atoms with E-state index >= 15 is 0 Å². The molecular weight excluding hydrogens is 470 g/mol. The molecule has 0 saturated carbocycles. The molecule has 9 nitrogen and oxygen atoms in total. The van der Waals surface area contributed by atoms with Crippen LogP contribution in [0.5, 0.6) is 11.5 Å². The Morgan fingerprint density at radius 2 is 1.83 bits per heavy atom. The molecule has 188 valence electrons. The van der Waals surface area contributed by atoms with Crippen molar-refractivity contribution in [3.8, 4) is 11.5 Å². The minimum absolute atomic E-state index is 0.0420. The molecule has 2 heterocycles. The number of piperidine rings is 1. The first-order valence-corrected chi connectivity index (χ1v) is 13.3. The summed E-state index contributed by atoms with van der Waals surface area (Å²) < 4.78 is 38.7. The Morgan fingerprint density at radius 3 is 2.54 bits per heavy atom. The van der Waals surface area contributed by atoms with E-state index in [1.807, 2.05) is 19.1 Å². The summed E-state index contributed by atoms with van der Waals surface area (Å²) in [6.45, 7) is 3.49. The van der Waals surface area contributed by atoms with E-state index in [2.05, 4.69) is 5.32 Å². The zero-order valence-electron chi connectivity index (χ0n) is 20.0. The highest BCUT2D eigenvalue weighted by Gasteiger charge is 2.37. The number of nitrogens with one attached hydrogen (secondary N) is 1. The lowest BCUT2D eigenvalue weighted by atomic mass is 10.1. The van der Waals surface area contributed by atoms with E-state index in [1.54, 1.807) is 17.0 Å². The van der Waals surface area contributed by atoms with Gasteiger partial charge in [0.05, 0.1) is 35.9 Å². The topological polar surface area (TPSA) is 105 Å². The van der Waals surface area contributed by atoms with Gasteiger partial charge in [-0.3, -0.25) is 9.59 Å². The molecule has 0 radical (unpaired) electrons. The minimum atomic E-state index is -3.68. The number of amides is 2. The maximum atomic E-state index is 13.1. The van der Waals surface area contributed by atoms with Crippen molar-refractivity contribution in [3.63, 3.8) is 0 Å². The van der Waals surface area contributed by atoms with Gasteiger partial charge in [-0.25, -0.2) is 8.42 Å². The third-order valence-corrected chi connectivity index (χ3v) is 8.23. The van der Waals surface area contributed by atoms with Crippen molar-refractivity contribution in [1.82, 2.24) is 4.31 Å². The van der Waals surface area contributed by atoms with E-state index < -0.39 is 15.9 Å². The molecule has 0 bridgehead atoms. The highest BCUT2D eigenvalue weighted by atomic mass is 32.2. The van der Waals surface area contributed by atoms with E-state index in [9.17, 15) is 18.0 Å². The Labute approximate surface area is 206 Å². The van der Waals surface area contributed by atoms with Crippen molar-refractivity contribution in [1.29, 1.82) is 0 Å². The van der Waals surface area contributed by atoms with Crippen LogP contribution in [0.3, 0.4) is 0 Å². The number of ether oxygens (including phenoxy) is 2. The molecule has 2 amide bonds. The average molecular weight is 502 g/mol. The molecule has 2 aliphatic rings. The predicted octanol–water partition coefficient (Wildman–Crippen LogP) is 3.26. The SMILES string of the molecule is CCOc1ccccc1N1C[C@@H](C(=O)Nc2cc(S(=O)(=O)N3CCCCC3)ccc2OC)CC1=O. The second kappa shape index (κ2) is 10.7. The number of sulfonamides is 1. The molecule has 0 aliphatic carbocycles. The summed E-state index contributed by atoms with van der Waals surface area (Å²) in [7, 11) is -2.22. The van der Waals surface area contributed by atoms with E-state index in [-0.39, 0.29) is 35.4 Å². The number of hydrogen-bond donors (Lipinski definition) is 1. The fourth-order valence-corrected chi connectivity index (χ4v) is 6.05. The Balaban J connectivity index is 1.53. The summed E-state index contributed by atoms with van der Waals surface area (Å²) in [6, 6.07) is 11.7. The van der Waals surface area contributed by atoms with Gasteiger partial charge in [0.1, 0.15) is 11.5 Å². The Kier molecular flexibility index (Phi) is 7.61. The molecular formula is C25H31N3O6S. The number of nitrogens with zero attached hydrogens (tertiary/aromatic N) is 2. The Morgan fingerprint density at radius 1 is 1.09 bits per heavy atom. The molecule has 0 spiro atoms. The van der Waals surface area contributed by atoms with Crippen LogP contribution in [0.4, 0.5) is 11.4 Å². The van der Waals surface area contributed by atoms with Crippen molar-refractivity contribution < 1.29 is 27.5 Å². The number of benzene rings is 2. The Bertz CT molecular complexity index is 1190. The van der Waals surface area contributed by atoms with Crippen LogP contribution in [-0.4, -0.2) is 57.9 Å². The number of rotatable bonds is 8. The zero-order chi connectivity index (χ0) is 25.0. The second-order valence-corrected chi connectivity index (χ2v) is 10.6. The van der Waals surface area contributed by atoms with Gasteiger partial charge in [-0.15, -0.1) is 0 Å². The van der Waals surface area contributed by atoms with Gasteiger partial charge < -0.3 is 19.7 Å². The van der Waals surface area contributed by atoms with Crippen molar-refractivity contribution >= 4 is 33.2 Å². The van der Waals surface area contributed by atoms with Gasteiger partial charge in [0.15, 0.2) is 0 Å². The summed E-state index contributed by atoms with van der Waals surface area (Å²) in [6.07, 6.45) is 2.72. The molecule has 4 rings (SSSR count). The molecule has 2 aromatic carbocycles. The fourth-order valence-electron chi connectivity index (χ4n) is 4.51. The molecule has 0 unspecified atom stereocenters. The van der Waals surface area contributed by atoms with Gasteiger partial charge in [-0.1, -0.05) is 18.6 Å². The first-order chi connectivity index (χ1) is 16.8. The predicted molar refractivity (Wildman–Crippen MR) is 132 cm³/mol. The van der Waals surface area contributed by atoms with Crippen molar-refractivity contribution in [2.75, 3.05) is 43.6 Å². The standard InChI is InChI=1S/C25H31N3O6S/c1-3-34-23-10-6-5-9-21(23)28-17-18(15-24(28)29)25(30)26-20-16-19(11-12-22(20)33-2)35(31,32)27-13-7-4-8-14-27/h5-6,9-12,16,18H,3-4,7-8,13-15,17H2,1-2H3,(H,26,30)/t18-/m0/s1. The van der Waals surface area contributed by atoms with Gasteiger partial charge in [0.2, 0.25) is 21.8 Å². The summed E-state index contributed by atoms with van der Waals surface area (Å²) >= 11 is 0. The van der Waals surface area contributed by atoms with Crippen molar-refractivity contribution in [2.45, 2.75) is 37.5 Å². The molecule has 2 aliphatic heterocycles. The van der Waals surface area contributed by atoms with Crippen LogP contribution in [0.25, 0.3) is 0 Å². The van der Waals surface area contributed by atoms with E-state index in [1.165, 1.54) is 29.6 Å². The molecule has 2 aromatic rings. The average Bonchev–Trinajstić information content (AvgIpc) is 3.26. The van der Waals surface area contributed by atoms with Crippen LogP contribution < -0.4 is 19.7 Å². The number of para-hydroxylation sites is 2. The Hall–Kier alpha value is -3.11. The van der Waals surface area contributed by atoms with E-state index in [0.29, 0.717) is 36.9 Å². The lowest BCUT2D eigenvalue weighted by Gasteiger charge is -2.26. The lowest BCUT2D eigenvalue weighted by Crippen LogP contribution is -2.35. The first-order valence-electron chi connectivity index (χ1n) is 11.9. The molecule has 2 saturated heterocycles. The third-order valence-electron chi connectivity index (χ3n) is 6.33. The van der Waals surface area contributed by atoms with Crippen LogP contribution in [0.1, 0.15) is 32.6 Å². The van der Waals surface area contributed by atoms with Crippen LogP contribution in [-0.2, 0) is 19.6 Å². The summed E-state index contributed by atoms with van der Waals surface area (Å²) in [5.41, 5.74) is 0.887. The van der Waals surface area contributed by atoms with E-state index in [4.69, 9.17) is 9.47 Å². The number of anilines is 2. The molecule has 0 aromatic heterocycles. The van der Waals surface area contributed by atoms with Gasteiger partial charge in [0.25, 0.3) is 0 Å². The largest absolute Gasteiger partial charge is 0.495 e. The number of methoxy groups -OCH3 is 1. The summed E-state index contributed by atoms with van der Waals surface area (Å²) in [5.74, 6) is -0.226. The minimum Gasteiger partial charge on any atom is -0.495 e. The second-order valence-electron chi connectivity index (χ2n) is 8.62. The normalized spacial score (nSPS) is 19.0. The smallest absolute Gasteiger partial charge is 0.243 e. The maximum Gasteiger partial charge on any atom is 0.243 e. The molecule has 35 heavy (non-hydrogen) atoms. The van der Waals surface area contributed by atoms with E-state index in [0.717, 1.165) is 19.3 Å². The molecule has 2 fully saturated rings. The van der Waals surface area contributed by atoms with Crippen LogP contribution in [0, 0.1) is 5.92 Å². The maximum absolute atomic E-state index is 13.1.